The van der Waals surface area contributed by atoms with Crippen LogP contribution in [0, 0.1) is 6.92 Å². The molecule has 1 fully saturated rings. The van der Waals surface area contributed by atoms with Crippen molar-refractivity contribution in [3.8, 4) is 0 Å². The van der Waals surface area contributed by atoms with E-state index in [0.717, 1.165) is 29.7 Å². The zero-order valence-electron chi connectivity index (χ0n) is 9.90. The number of aromatic carboxylic acids is 1. The minimum atomic E-state index is -0.891. The second-order valence-corrected chi connectivity index (χ2v) is 5.00. The first-order chi connectivity index (χ1) is 8.01. The van der Waals surface area contributed by atoms with Gasteiger partial charge in [0.1, 0.15) is 5.82 Å². The highest BCUT2D eigenvalue weighted by atomic mass is 16.4. The van der Waals surface area contributed by atoms with Crippen LogP contribution < -0.4 is 0 Å². The molecule has 0 amide bonds. The zero-order chi connectivity index (χ0) is 12.2. The molecule has 4 heteroatoms. The largest absolute Gasteiger partial charge is 0.478 e. The minimum Gasteiger partial charge on any atom is -0.478 e. The highest BCUT2D eigenvalue weighted by Gasteiger charge is 2.41. The SMILES string of the molecule is Cc1nc2ccc(C(=O)O)cc2n1C1(C)CC1. The Bertz CT molecular complexity index is 624. The van der Waals surface area contributed by atoms with Crippen LogP contribution in [0.15, 0.2) is 18.2 Å². The summed E-state index contributed by atoms with van der Waals surface area (Å²) in [5, 5.41) is 9.03. The number of imidazole rings is 1. The third-order valence-corrected chi connectivity index (χ3v) is 3.58. The van der Waals surface area contributed by atoms with Crippen LogP contribution in [0.25, 0.3) is 11.0 Å². The first-order valence-corrected chi connectivity index (χ1v) is 5.74. The van der Waals surface area contributed by atoms with Crippen molar-refractivity contribution in [2.45, 2.75) is 32.2 Å². The van der Waals surface area contributed by atoms with Crippen molar-refractivity contribution in [3.63, 3.8) is 0 Å². The quantitative estimate of drug-likeness (QED) is 0.862. The number of aryl methyl sites for hydroxylation is 1. The zero-order valence-corrected chi connectivity index (χ0v) is 9.90. The van der Waals surface area contributed by atoms with Gasteiger partial charge in [-0.2, -0.15) is 0 Å². The standard InChI is InChI=1S/C13H14N2O2/c1-8-14-10-4-3-9(12(16)17)7-11(10)15(8)13(2)5-6-13/h3-4,7H,5-6H2,1-2H3,(H,16,17). The average Bonchev–Trinajstić information content (AvgIpc) is 2.90. The molecule has 0 aliphatic heterocycles. The maximum atomic E-state index is 11.0. The Kier molecular flexibility index (Phi) is 1.88. The molecule has 1 aliphatic rings. The van der Waals surface area contributed by atoms with Crippen LogP contribution >= 0.6 is 0 Å². The van der Waals surface area contributed by atoms with Crippen molar-refractivity contribution in [1.82, 2.24) is 9.55 Å². The molecule has 1 aliphatic carbocycles. The van der Waals surface area contributed by atoms with Gasteiger partial charge >= 0.3 is 5.97 Å². The predicted molar refractivity (Wildman–Crippen MR) is 64.3 cm³/mol. The Morgan fingerprint density at radius 2 is 2.18 bits per heavy atom. The van der Waals surface area contributed by atoms with Gasteiger partial charge in [0.2, 0.25) is 0 Å². The molecule has 3 rings (SSSR count). The average molecular weight is 230 g/mol. The Hall–Kier alpha value is -1.84. The van der Waals surface area contributed by atoms with Crippen molar-refractivity contribution in [2.24, 2.45) is 0 Å². The smallest absolute Gasteiger partial charge is 0.335 e. The van der Waals surface area contributed by atoms with E-state index in [1.54, 1.807) is 18.2 Å². The van der Waals surface area contributed by atoms with Crippen LogP contribution in [-0.2, 0) is 5.54 Å². The highest BCUT2D eigenvalue weighted by molar-refractivity contribution is 5.92. The monoisotopic (exact) mass is 230 g/mol. The Morgan fingerprint density at radius 3 is 2.76 bits per heavy atom. The lowest BCUT2D eigenvalue weighted by molar-refractivity contribution is 0.0697. The van der Waals surface area contributed by atoms with E-state index in [9.17, 15) is 4.79 Å². The van der Waals surface area contributed by atoms with Gasteiger partial charge in [-0.25, -0.2) is 9.78 Å². The second-order valence-electron chi connectivity index (χ2n) is 5.00. The lowest BCUT2D eigenvalue weighted by Gasteiger charge is -2.14. The van der Waals surface area contributed by atoms with E-state index in [-0.39, 0.29) is 5.54 Å². The van der Waals surface area contributed by atoms with Crippen molar-refractivity contribution in [1.29, 1.82) is 0 Å². The molecular formula is C13H14N2O2. The Labute approximate surface area is 98.9 Å². The third kappa shape index (κ3) is 1.44. The molecule has 1 aromatic carbocycles. The van der Waals surface area contributed by atoms with Gasteiger partial charge in [-0.3, -0.25) is 0 Å². The fourth-order valence-corrected chi connectivity index (χ4v) is 2.41. The normalized spacial score (nSPS) is 17.3. The maximum absolute atomic E-state index is 11.0. The van der Waals surface area contributed by atoms with Gasteiger partial charge in [0.25, 0.3) is 0 Å². The maximum Gasteiger partial charge on any atom is 0.335 e. The van der Waals surface area contributed by atoms with Crippen LogP contribution in [0.4, 0.5) is 0 Å². The highest BCUT2D eigenvalue weighted by Crippen LogP contribution is 2.45. The van der Waals surface area contributed by atoms with E-state index in [0.29, 0.717) is 5.56 Å². The van der Waals surface area contributed by atoms with Gasteiger partial charge in [-0.05, 0) is 44.9 Å². The summed E-state index contributed by atoms with van der Waals surface area (Å²) in [6, 6.07) is 5.12. The molecule has 1 aromatic heterocycles. The fraction of sp³-hybridized carbons (Fsp3) is 0.385. The number of fused-ring (bicyclic) bond motifs is 1. The minimum absolute atomic E-state index is 0.135. The molecule has 4 nitrogen and oxygen atoms in total. The van der Waals surface area contributed by atoms with Crippen molar-refractivity contribution in [2.75, 3.05) is 0 Å². The van der Waals surface area contributed by atoms with E-state index in [1.807, 2.05) is 6.92 Å². The number of carbonyl (C=O) groups is 1. The number of hydrogen-bond acceptors (Lipinski definition) is 2. The molecule has 0 saturated heterocycles. The number of nitrogens with zero attached hydrogens (tertiary/aromatic N) is 2. The van der Waals surface area contributed by atoms with Crippen LogP contribution in [0.2, 0.25) is 0 Å². The Morgan fingerprint density at radius 1 is 1.47 bits per heavy atom. The summed E-state index contributed by atoms with van der Waals surface area (Å²) < 4.78 is 2.18. The van der Waals surface area contributed by atoms with Gasteiger partial charge < -0.3 is 9.67 Å². The number of benzene rings is 1. The van der Waals surface area contributed by atoms with E-state index >= 15 is 0 Å². The summed E-state index contributed by atoms with van der Waals surface area (Å²) in [4.78, 5) is 15.5. The van der Waals surface area contributed by atoms with Crippen molar-refractivity contribution >= 4 is 17.0 Å². The summed E-state index contributed by atoms with van der Waals surface area (Å²) >= 11 is 0. The second kappa shape index (κ2) is 3.09. The summed E-state index contributed by atoms with van der Waals surface area (Å²) in [5.74, 6) is 0.0702. The molecule has 0 unspecified atom stereocenters. The van der Waals surface area contributed by atoms with Gasteiger partial charge in [0.05, 0.1) is 16.6 Å². The van der Waals surface area contributed by atoms with Gasteiger partial charge in [-0.1, -0.05) is 0 Å². The predicted octanol–water partition coefficient (Wildman–Crippen LogP) is 2.55. The molecule has 0 atom stereocenters. The molecule has 17 heavy (non-hydrogen) atoms. The lowest BCUT2D eigenvalue weighted by Crippen LogP contribution is -2.13. The van der Waals surface area contributed by atoms with Crippen LogP contribution in [-0.4, -0.2) is 20.6 Å². The molecule has 88 valence electrons. The number of carboxylic acids is 1. The van der Waals surface area contributed by atoms with Crippen LogP contribution in [0.5, 0.6) is 0 Å². The summed E-state index contributed by atoms with van der Waals surface area (Å²) in [6.45, 7) is 4.17. The van der Waals surface area contributed by atoms with E-state index in [4.69, 9.17) is 5.11 Å². The molecule has 2 aromatic rings. The Balaban J connectivity index is 2.29. The summed E-state index contributed by atoms with van der Waals surface area (Å²) in [6.07, 6.45) is 2.27. The molecule has 0 bridgehead atoms. The van der Waals surface area contributed by atoms with Crippen LogP contribution in [0.3, 0.4) is 0 Å². The van der Waals surface area contributed by atoms with E-state index < -0.39 is 5.97 Å². The van der Waals surface area contributed by atoms with Crippen molar-refractivity contribution in [3.05, 3.63) is 29.6 Å². The molecule has 1 saturated carbocycles. The number of rotatable bonds is 2. The first kappa shape index (κ1) is 10.3. The molecular weight excluding hydrogens is 216 g/mol. The van der Waals surface area contributed by atoms with Gasteiger partial charge in [-0.15, -0.1) is 0 Å². The van der Waals surface area contributed by atoms with Gasteiger partial charge in [0.15, 0.2) is 0 Å². The number of aromatic nitrogens is 2. The third-order valence-electron chi connectivity index (χ3n) is 3.58. The number of carboxylic acid groups (broad SMARTS) is 1. The molecule has 0 spiro atoms. The van der Waals surface area contributed by atoms with E-state index in [2.05, 4.69) is 16.5 Å². The molecule has 1 N–H and O–H groups in total. The molecule has 0 radical (unpaired) electrons. The fourth-order valence-electron chi connectivity index (χ4n) is 2.41. The summed E-state index contributed by atoms with van der Waals surface area (Å²) in [7, 11) is 0. The topological polar surface area (TPSA) is 55.1 Å². The van der Waals surface area contributed by atoms with Crippen molar-refractivity contribution < 1.29 is 9.90 Å². The lowest BCUT2D eigenvalue weighted by atomic mass is 10.2. The first-order valence-electron chi connectivity index (χ1n) is 5.74. The summed E-state index contributed by atoms with van der Waals surface area (Å²) in [5.41, 5.74) is 2.27. The van der Waals surface area contributed by atoms with Crippen LogP contribution in [0.1, 0.15) is 35.9 Å². The number of hydrogen-bond donors (Lipinski definition) is 1. The van der Waals surface area contributed by atoms with E-state index in [1.165, 1.54) is 0 Å². The molecule has 1 heterocycles. The van der Waals surface area contributed by atoms with Gasteiger partial charge in [0, 0.05) is 5.54 Å².